The Kier molecular flexibility index (Phi) is 4.04. The molecule has 70 valence electrons. The first-order valence-corrected chi connectivity index (χ1v) is 4.33. The molecule has 1 aliphatic rings. The lowest BCUT2D eigenvalue weighted by Gasteiger charge is -2.26. The van der Waals surface area contributed by atoms with Crippen LogP contribution in [-0.2, 0) is 9.47 Å². The third kappa shape index (κ3) is 3.19. The van der Waals surface area contributed by atoms with E-state index in [2.05, 4.69) is 4.90 Å². The molecule has 0 aromatic heterocycles. The van der Waals surface area contributed by atoms with Crippen molar-refractivity contribution in [2.45, 2.75) is 6.92 Å². The van der Waals surface area contributed by atoms with Crippen molar-refractivity contribution in [3.8, 4) is 0 Å². The largest absolute Gasteiger partial charge is 0.481 e. The van der Waals surface area contributed by atoms with Crippen molar-refractivity contribution in [2.75, 3.05) is 39.5 Å². The molecular weight excluding hydrogens is 156 g/mol. The van der Waals surface area contributed by atoms with Crippen LogP contribution in [0.4, 0.5) is 0 Å². The second-order valence-corrected chi connectivity index (χ2v) is 2.74. The van der Waals surface area contributed by atoms with E-state index in [0.717, 1.165) is 26.3 Å². The van der Waals surface area contributed by atoms with Crippen LogP contribution in [0, 0.1) is 5.41 Å². The van der Waals surface area contributed by atoms with Crippen LogP contribution in [0.2, 0.25) is 0 Å². The lowest BCUT2D eigenvalue weighted by atomic mass is 10.4. The molecule has 0 aliphatic carbocycles. The van der Waals surface area contributed by atoms with Gasteiger partial charge >= 0.3 is 0 Å². The third-order valence-electron chi connectivity index (χ3n) is 1.79. The van der Waals surface area contributed by atoms with Gasteiger partial charge in [-0.25, -0.2) is 0 Å². The molecule has 0 amide bonds. The van der Waals surface area contributed by atoms with E-state index in [4.69, 9.17) is 14.9 Å². The highest BCUT2D eigenvalue weighted by Crippen LogP contribution is 1.96. The SMILES string of the molecule is CCOC(=N)CN1CCOCC1. The van der Waals surface area contributed by atoms with Crippen LogP contribution in [0.15, 0.2) is 0 Å². The van der Waals surface area contributed by atoms with Crippen molar-refractivity contribution in [2.24, 2.45) is 0 Å². The number of nitrogens with one attached hydrogen (secondary N) is 1. The first-order valence-electron chi connectivity index (χ1n) is 4.33. The molecule has 0 saturated carbocycles. The summed E-state index contributed by atoms with van der Waals surface area (Å²) in [7, 11) is 0. The summed E-state index contributed by atoms with van der Waals surface area (Å²) in [5.74, 6) is 0.361. The molecule has 12 heavy (non-hydrogen) atoms. The van der Waals surface area contributed by atoms with E-state index < -0.39 is 0 Å². The molecule has 0 aromatic carbocycles. The molecule has 4 nitrogen and oxygen atoms in total. The number of ether oxygens (including phenoxy) is 2. The Labute approximate surface area is 73.0 Å². The Balaban J connectivity index is 2.15. The summed E-state index contributed by atoms with van der Waals surface area (Å²) in [6, 6.07) is 0. The third-order valence-corrected chi connectivity index (χ3v) is 1.79. The Morgan fingerprint density at radius 3 is 2.75 bits per heavy atom. The molecular formula is C8H16N2O2. The van der Waals surface area contributed by atoms with Crippen molar-refractivity contribution in [3.63, 3.8) is 0 Å². The molecule has 0 spiro atoms. The van der Waals surface area contributed by atoms with Gasteiger partial charge in [-0.2, -0.15) is 0 Å². The minimum atomic E-state index is 0.361. The Hall–Kier alpha value is -0.610. The van der Waals surface area contributed by atoms with Crippen LogP contribution in [0.5, 0.6) is 0 Å². The van der Waals surface area contributed by atoms with Gasteiger partial charge in [-0.15, -0.1) is 0 Å². The Morgan fingerprint density at radius 2 is 2.17 bits per heavy atom. The van der Waals surface area contributed by atoms with Gasteiger partial charge in [-0.1, -0.05) is 0 Å². The average Bonchev–Trinajstić information content (AvgIpc) is 2.06. The molecule has 4 heteroatoms. The molecule has 0 aromatic rings. The van der Waals surface area contributed by atoms with Crippen LogP contribution in [0.3, 0.4) is 0 Å². The highest BCUT2D eigenvalue weighted by atomic mass is 16.5. The highest BCUT2D eigenvalue weighted by Gasteiger charge is 2.11. The minimum absolute atomic E-state index is 0.361. The van der Waals surface area contributed by atoms with Crippen molar-refractivity contribution in [1.82, 2.24) is 4.90 Å². The number of nitrogens with zero attached hydrogens (tertiary/aromatic N) is 1. The van der Waals surface area contributed by atoms with Crippen molar-refractivity contribution >= 4 is 5.90 Å². The fourth-order valence-electron chi connectivity index (χ4n) is 1.18. The van der Waals surface area contributed by atoms with E-state index in [1.54, 1.807) is 0 Å². The van der Waals surface area contributed by atoms with E-state index in [0.29, 0.717) is 19.0 Å². The second kappa shape index (κ2) is 5.11. The first-order chi connectivity index (χ1) is 5.83. The summed E-state index contributed by atoms with van der Waals surface area (Å²) in [6.07, 6.45) is 0. The number of hydrogen-bond donors (Lipinski definition) is 1. The monoisotopic (exact) mass is 172 g/mol. The summed E-state index contributed by atoms with van der Waals surface area (Å²) in [5.41, 5.74) is 0. The quantitative estimate of drug-likeness (QED) is 0.493. The first kappa shape index (κ1) is 9.48. The maximum atomic E-state index is 7.42. The van der Waals surface area contributed by atoms with E-state index >= 15 is 0 Å². The van der Waals surface area contributed by atoms with Gasteiger partial charge in [-0.3, -0.25) is 10.3 Å². The fourth-order valence-corrected chi connectivity index (χ4v) is 1.18. The summed E-state index contributed by atoms with van der Waals surface area (Å²) in [4.78, 5) is 2.17. The highest BCUT2D eigenvalue weighted by molar-refractivity contribution is 5.74. The smallest absolute Gasteiger partial charge is 0.194 e. The van der Waals surface area contributed by atoms with E-state index in [1.165, 1.54) is 0 Å². The van der Waals surface area contributed by atoms with Crippen LogP contribution >= 0.6 is 0 Å². The molecule has 1 fully saturated rings. The molecule has 0 atom stereocenters. The zero-order chi connectivity index (χ0) is 8.81. The summed E-state index contributed by atoms with van der Waals surface area (Å²) in [5, 5.41) is 7.42. The fraction of sp³-hybridized carbons (Fsp3) is 0.875. The lowest BCUT2D eigenvalue weighted by Crippen LogP contribution is -2.39. The molecule has 0 unspecified atom stereocenters. The normalized spacial score (nSPS) is 19.1. The zero-order valence-corrected chi connectivity index (χ0v) is 7.51. The molecule has 1 heterocycles. The van der Waals surface area contributed by atoms with E-state index in [-0.39, 0.29) is 0 Å². The van der Waals surface area contributed by atoms with Crippen LogP contribution in [-0.4, -0.2) is 50.3 Å². The van der Waals surface area contributed by atoms with Crippen molar-refractivity contribution in [1.29, 1.82) is 5.41 Å². The van der Waals surface area contributed by atoms with Crippen LogP contribution < -0.4 is 0 Å². The average molecular weight is 172 g/mol. The van der Waals surface area contributed by atoms with Gasteiger partial charge in [0.15, 0.2) is 5.90 Å². The maximum absolute atomic E-state index is 7.42. The number of morpholine rings is 1. The standard InChI is InChI=1S/C8H16N2O2/c1-2-12-8(9)7-10-3-5-11-6-4-10/h9H,2-7H2,1H3. The summed E-state index contributed by atoms with van der Waals surface area (Å²) >= 11 is 0. The van der Waals surface area contributed by atoms with Gasteiger partial charge in [0, 0.05) is 13.1 Å². The lowest BCUT2D eigenvalue weighted by molar-refractivity contribution is 0.0427. The summed E-state index contributed by atoms with van der Waals surface area (Å²) in [6.45, 7) is 6.48. The Morgan fingerprint density at radius 1 is 1.50 bits per heavy atom. The maximum Gasteiger partial charge on any atom is 0.194 e. The van der Waals surface area contributed by atoms with Crippen molar-refractivity contribution < 1.29 is 9.47 Å². The molecule has 1 aliphatic heterocycles. The molecule has 1 saturated heterocycles. The Bertz CT molecular complexity index is 144. The van der Waals surface area contributed by atoms with Gasteiger partial charge in [0.1, 0.15) is 0 Å². The molecule has 1 N–H and O–H groups in total. The second-order valence-electron chi connectivity index (χ2n) is 2.74. The van der Waals surface area contributed by atoms with Crippen LogP contribution in [0.1, 0.15) is 6.92 Å². The van der Waals surface area contributed by atoms with Gasteiger partial charge in [0.05, 0.1) is 26.4 Å². The van der Waals surface area contributed by atoms with E-state index in [9.17, 15) is 0 Å². The molecule has 1 rings (SSSR count). The van der Waals surface area contributed by atoms with Crippen molar-refractivity contribution in [3.05, 3.63) is 0 Å². The van der Waals surface area contributed by atoms with Gasteiger partial charge < -0.3 is 9.47 Å². The molecule has 0 radical (unpaired) electrons. The van der Waals surface area contributed by atoms with Crippen LogP contribution in [0.25, 0.3) is 0 Å². The minimum Gasteiger partial charge on any atom is -0.481 e. The number of rotatable bonds is 3. The molecule has 0 bridgehead atoms. The topological polar surface area (TPSA) is 45.5 Å². The predicted molar refractivity (Wildman–Crippen MR) is 46.6 cm³/mol. The van der Waals surface area contributed by atoms with Gasteiger partial charge in [0.2, 0.25) is 0 Å². The summed E-state index contributed by atoms with van der Waals surface area (Å²) < 4.78 is 10.2. The predicted octanol–water partition coefficient (Wildman–Crippen LogP) is 0.332. The van der Waals surface area contributed by atoms with Gasteiger partial charge in [-0.05, 0) is 6.92 Å². The number of hydrogen-bond acceptors (Lipinski definition) is 4. The van der Waals surface area contributed by atoms with E-state index in [1.807, 2.05) is 6.92 Å². The van der Waals surface area contributed by atoms with Gasteiger partial charge in [0.25, 0.3) is 0 Å². The zero-order valence-electron chi connectivity index (χ0n) is 7.51.